The average Bonchev–Trinajstić information content (AvgIpc) is 3.29. The Bertz CT molecular complexity index is 1120. The summed E-state index contributed by atoms with van der Waals surface area (Å²) in [4.78, 5) is 29.7. The van der Waals surface area contributed by atoms with Crippen LogP contribution >= 0.6 is 0 Å². The van der Waals surface area contributed by atoms with Gasteiger partial charge in [-0.15, -0.1) is 0 Å². The zero-order valence-electron chi connectivity index (χ0n) is 18.5. The number of anilines is 1. The van der Waals surface area contributed by atoms with Crippen molar-refractivity contribution in [2.45, 2.75) is 19.1 Å². The minimum Gasteiger partial charge on any atom is -0.477 e. The van der Waals surface area contributed by atoms with Gasteiger partial charge in [0, 0.05) is 18.5 Å². The largest absolute Gasteiger partial charge is 0.477 e. The summed E-state index contributed by atoms with van der Waals surface area (Å²) < 4.78 is 17.3. The average molecular weight is 450 g/mol. The van der Waals surface area contributed by atoms with Gasteiger partial charge in [-0.05, 0) is 31.2 Å². The van der Waals surface area contributed by atoms with E-state index in [2.05, 4.69) is 5.32 Å². The fourth-order valence-electron chi connectivity index (χ4n) is 4.32. The molecule has 1 N–H and O–H groups in total. The molecule has 0 radical (unpaired) electrons. The van der Waals surface area contributed by atoms with Gasteiger partial charge in [0.1, 0.15) is 17.1 Å². The molecule has 3 aromatic rings. The lowest BCUT2D eigenvalue weighted by Crippen LogP contribution is -2.54. The Labute approximate surface area is 192 Å². The second kappa shape index (κ2) is 9.15. The van der Waals surface area contributed by atoms with Crippen LogP contribution in [0, 0.1) is 0 Å². The Morgan fingerprint density at radius 1 is 1.09 bits per heavy atom. The lowest BCUT2D eigenvalue weighted by molar-refractivity contribution is -0.142. The molecule has 172 valence electrons. The van der Waals surface area contributed by atoms with Gasteiger partial charge in [-0.2, -0.15) is 0 Å². The number of fused-ring (bicyclic) bond motifs is 2. The number of morpholine rings is 1. The molecule has 5 rings (SSSR count). The molecular formula is C25H27N3O5. The van der Waals surface area contributed by atoms with Crippen LogP contribution in [0.3, 0.4) is 0 Å². The minimum absolute atomic E-state index is 0.0751. The molecule has 2 amide bonds. The highest BCUT2D eigenvalue weighted by molar-refractivity contribution is 5.86. The van der Waals surface area contributed by atoms with Crippen molar-refractivity contribution in [3.63, 3.8) is 0 Å². The molecule has 0 bridgehead atoms. The summed E-state index contributed by atoms with van der Waals surface area (Å²) in [5.41, 5.74) is 1.59. The summed E-state index contributed by atoms with van der Waals surface area (Å²) >= 11 is 0. The van der Waals surface area contributed by atoms with E-state index in [9.17, 15) is 9.59 Å². The van der Waals surface area contributed by atoms with Crippen LogP contribution < -0.4 is 15.0 Å². The number of amides is 2. The molecule has 8 nitrogen and oxygen atoms in total. The van der Waals surface area contributed by atoms with Crippen LogP contribution in [0.5, 0.6) is 5.75 Å². The van der Waals surface area contributed by atoms with Crippen molar-refractivity contribution in [1.29, 1.82) is 0 Å². The van der Waals surface area contributed by atoms with E-state index < -0.39 is 6.10 Å². The molecule has 0 spiro atoms. The van der Waals surface area contributed by atoms with Crippen LogP contribution in [0.15, 0.2) is 59.0 Å². The standard InChI is InChI=1S/C25H27N3O5/c1-17(22-14-18-6-2-4-8-20(18)32-22)26-24(29)16-28-15-23(25(30)27-10-12-31-13-11-27)33-21-9-5-3-7-19(21)28/h2-9,14,17,23H,10-13,15-16H2,1H3,(H,26,29)/t17-,23-/m0/s1. The summed E-state index contributed by atoms with van der Waals surface area (Å²) in [7, 11) is 0. The van der Waals surface area contributed by atoms with Gasteiger partial charge in [0.05, 0.1) is 38.0 Å². The van der Waals surface area contributed by atoms with Crippen molar-refractivity contribution >= 4 is 28.5 Å². The minimum atomic E-state index is -0.668. The molecule has 2 aromatic carbocycles. The van der Waals surface area contributed by atoms with E-state index in [1.54, 1.807) is 4.90 Å². The molecule has 0 aliphatic carbocycles. The SMILES string of the molecule is C[C@H](NC(=O)CN1C[C@@H](C(=O)N2CCOCC2)Oc2ccccc21)c1cc2ccccc2o1. The Morgan fingerprint density at radius 3 is 2.67 bits per heavy atom. The molecule has 1 aromatic heterocycles. The number of hydrogen-bond donors (Lipinski definition) is 1. The molecule has 1 saturated heterocycles. The van der Waals surface area contributed by atoms with Crippen molar-refractivity contribution in [3.8, 4) is 5.75 Å². The maximum atomic E-state index is 13.0. The molecular weight excluding hydrogens is 422 g/mol. The quantitative estimate of drug-likeness (QED) is 0.645. The molecule has 33 heavy (non-hydrogen) atoms. The Kier molecular flexibility index (Phi) is 5.92. The van der Waals surface area contributed by atoms with Gasteiger partial charge in [-0.1, -0.05) is 30.3 Å². The number of para-hydroxylation sites is 3. The number of carbonyl (C=O) groups excluding carboxylic acids is 2. The molecule has 0 saturated carbocycles. The summed E-state index contributed by atoms with van der Waals surface area (Å²) in [6, 6.07) is 16.9. The van der Waals surface area contributed by atoms with E-state index in [1.165, 1.54) is 0 Å². The number of carbonyl (C=O) groups is 2. The van der Waals surface area contributed by atoms with Crippen molar-refractivity contribution in [1.82, 2.24) is 10.2 Å². The fraction of sp³-hybridized carbons (Fsp3) is 0.360. The smallest absolute Gasteiger partial charge is 0.265 e. The predicted octanol–water partition coefficient (Wildman–Crippen LogP) is 2.74. The number of rotatable bonds is 5. The van der Waals surface area contributed by atoms with Gasteiger partial charge < -0.3 is 29.0 Å². The van der Waals surface area contributed by atoms with Gasteiger partial charge in [-0.3, -0.25) is 9.59 Å². The first kappa shape index (κ1) is 21.3. The molecule has 1 fully saturated rings. The normalized spacial score (nSPS) is 19.0. The monoisotopic (exact) mass is 449 g/mol. The zero-order chi connectivity index (χ0) is 22.8. The number of nitrogens with one attached hydrogen (secondary N) is 1. The van der Waals surface area contributed by atoms with Crippen molar-refractivity contribution < 1.29 is 23.5 Å². The number of ether oxygens (including phenoxy) is 2. The van der Waals surface area contributed by atoms with Crippen LogP contribution in [-0.2, 0) is 14.3 Å². The predicted molar refractivity (Wildman–Crippen MR) is 123 cm³/mol. The topological polar surface area (TPSA) is 84.3 Å². The molecule has 8 heteroatoms. The third-order valence-electron chi connectivity index (χ3n) is 6.04. The highest BCUT2D eigenvalue weighted by Gasteiger charge is 2.34. The Balaban J connectivity index is 1.28. The summed E-state index contributed by atoms with van der Waals surface area (Å²) in [5, 5.41) is 4.02. The van der Waals surface area contributed by atoms with Crippen LogP contribution in [0.4, 0.5) is 5.69 Å². The molecule has 2 atom stereocenters. The van der Waals surface area contributed by atoms with Crippen LogP contribution in [0.2, 0.25) is 0 Å². The van der Waals surface area contributed by atoms with Gasteiger partial charge in [0.15, 0.2) is 6.10 Å². The maximum absolute atomic E-state index is 13.0. The van der Waals surface area contributed by atoms with E-state index in [4.69, 9.17) is 13.9 Å². The highest BCUT2D eigenvalue weighted by Crippen LogP contribution is 2.33. The van der Waals surface area contributed by atoms with Gasteiger partial charge in [0.2, 0.25) is 5.91 Å². The van der Waals surface area contributed by atoms with Crippen LogP contribution in [0.25, 0.3) is 11.0 Å². The lowest BCUT2D eigenvalue weighted by atomic mass is 10.1. The van der Waals surface area contributed by atoms with E-state index >= 15 is 0 Å². The number of furan rings is 1. The third kappa shape index (κ3) is 4.52. The summed E-state index contributed by atoms with van der Waals surface area (Å²) in [6.45, 7) is 4.47. The fourth-order valence-corrected chi connectivity index (χ4v) is 4.32. The van der Waals surface area contributed by atoms with Gasteiger partial charge in [0.25, 0.3) is 5.91 Å². The van der Waals surface area contributed by atoms with Crippen LogP contribution in [-0.4, -0.2) is 62.2 Å². The molecule has 2 aliphatic heterocycles. The molecule has 3 heterocycles. The first-order valence-electron chi connectivity index (χ1n) is 11.2. The second-order valence-electron chi connectivity index (χ2n) is 8.37. The third-order valence-corrected chi connectivity index (χ3v) is 6.04. The first-order valence-corrected chi connectivity index (χ1v) is 11.2. The number of nitrogens with zero attached hydrogens (tertiary/aromatic N) is 2. The second-order valence-corrected chi connectivity index (χ2v) is 8.37. The van der Waals surface area contributed by atoms with Gasteiger partial charge in [-0.25, -0.2) is 0 Å². The Morgan fingerprint density at radius 2 is 1.85 bits per heavy atom. The van der Waals surface area contributed by atoms with Gasteiger partial charge >= 0.3 is 0 Å². The van der Waals surface area contributed by atoms with E-state index in [-0.39, 0.29) is 24.4 Å². The Hall–Kier alpha value is -3.52. The lowest BCUT2D eigenvalue weighted by Gasteiger charge is -2.38. The van der Waals surface area contributed by atoms with E-state index in [0.29, 0.717) is 44.4 Å². The van der Waals surface area contributed by atoms with E-state index in [1.807, 2.05) is 66.4 Å². The molecule has 2 aliphatic rings. The summed E-state index contributed by atoms with van der Waals surface area (Å²) in [6.07, 6.45) is -0.668. The first-order chi connectivity index (χ1) is 16.1. The number of benzene rings is 2. The molecule has 0 unspecified atom stereocenters. The highest BCUT2D eigenvalue weighted by atomic mass is 16.5. The number of hydrogen-bond acceptors (Lipinski definition) is 6. The zero-order valence-corrected chi connectivity index (χ0v) is 18.5. The van der Waals surface area contributed by atoms with Crippen molar-refractivity contribution in [3.05, 3.63) is 60.4 Å². The van der Waals surface area contributed by atoms with Crippen molar-refractivity contribution in [2.24, 2.45) is 0 Å². The van der Waals surface area contributed by atoms with E-state index in [0.717, 1.165) is 16.7 Å². The summed E-state index contributed by atoms with van der Waals surface area (Å²) in [5.74, 6) is 1.08. The van der Waals surface area contributed by atoms with Crippen LogP contribution in [0.1, 0.15) is 18.7 Å². The maximum Gasteiger partial charge on any atom is 0.265 e. The van der Waals surface area contributed by atoms with Crippen molar-refractivity contribution in [2.75, 3.05) is 44.3 Å².